The molecule has 102 valence electrons. The predicted octanol–water partition coefficient (Wildman–Crippen LogP) is 1.44. The first kappa shape index (κ1) is 13.6. The lowest BCUT2D eigenvalue weighted by atomic mass is 10.1. The number of nitrogens with zero attached hydrogens (tertiary/aromatic N) is 2. The van der Waals surface area contributed by atoms with Gasteiger partial charge >= 0.3 is 0 Å². The van der Waals surface area contributed by atoms with Gasteiger partial charge in [-0.1, -0.05) is 0 Å². The summed E-state index contributed by atoms with van der Waals surface area (Å²) in [6.07, 6.45) is 0. The van der Waals surface area contributed by atoms with Gasteiger partial charge in [0.1, 0.15) is 11.5 Å². The van der Waals surface area contributed by atoms with Crippen LogP contribution in [0.1, 0.15) is 24.0 Å². The summed E-state index contributed by atoms with van der Waals surface area (Å²) >= 11 is 0. The van der Waals surface area contributed by atoms with Crippen LogP contribution in [0.2, 0.25) is 0 Å². The van der Waals surface area contributed by atoms with E-state index < -0.39 is 0 Å². The molecule has 1 aliphatic rings. The second kappa shape index (κ2) is 5.87. The second-order valence-electron chi connectivity index (χ2n) is 5.39. The fraction of sp³-hybridized carbons (Fsp3) is 0.714. The smallest absolute Gasteiger partial charge is 0.118 e. The van der Waals surface area contributed by atoms with Crippen molar-refractivity contribution in [2.24, 2.45) is 0 Å². The van der Waals surface area contributed by atoms with Crippen LogP contribution in [0, 0.1) is 6.92 Å². The van der Waals surface area contributed by atoms with Crippen LogP contribution in [0.15, 0.2) is 10.5 Å². The Bertz CT molecular complexity index is 388. The lowest BCUT2D eigenvalue weighted by molar-refractivity contribution is 0.0996. The van der Waals surface area contributed by atoms with Crippen molar-refractivity contribution in [3.8, 4) is 0 Å². The Labute approximate surface area is 110 Å². The van der Waals surface area contributed by atoms with E-state index in [1.54, 1.807) is 0 Å². The van der Waals surface area contributed by atoms with Crippen molar-refractivity contribution in [1.82, 2.24) is 15.1 Å². The molecule has 1 unspecified atom stereocenters. The van der Waals surface area contributed by atoms with Crippen LogP contribution in [0.4, 0.5) is 0 Å². The predicted molar refractivity (Wildman–Crippen MR) is 73.6 cm³/mol. The summed E-state index contributed by atoms with van der Waals surface area (Å²) in [5.74, 6) is 2.10. The van der Waals surface area contributed by atoms with Crippen LogP contribution >= 0.6 is 0 Å². The third-order valence-electron chi connectivity index (χ3n) is 3.86. The Morgan fingerprint density at radius 3 is 2.89 bits per heavy atom. The number of piperazine rings is 1. The van der Waals surface area contributed by atoms with Crippen LogP contribution in [-0.2, 0) is 13.1 Å². The van der Waals surface area contributed by atoms with Gasteiger partial charge in [-0.15, -0.1) is 0 Å². The van der Waals surface area contributed by atoms with E-state index in [0.29, 0.717) is 6.04 Å². The standard InChI is InChI=1S/C14H25N3O/c1-11-9-17(6-5-16(11)4)10-13-7-14(8-15-3)18-12(13)2/h7,11,15H,5-6,8-10H2,1-4H3. The Morgan fingerprint density at radius 2 is 2.22 bits per heavy atom. The zero-order valence-corrected chi connectivity index (χ0v) is 12.0. The molecule has 18 heavy (non-hydrogen) atoms. The summed E-state index contributed by atoms with van der Waals surface area (Å²) in [5, 5.41) is 3.13. The van der Waals surface area contributed by atoms with Gasteiger partial charge in [-0.05, 0) is 34.0 Å². The largest absolute Gasteiger partial charge is 0.465 e. The Balaban J connectivity index is 1.96. The van der Waals surface area contributed by atoms with Gasteiger partial charge in [0.05, 0.1) is 6.54 Å². The van der Waals surface area contributed by atoms with Crippen molar-refractivity contribution in [2.75, 3.05) is 33.7 Å². The number of rotatable bonds is 4. The van der Waals surface area contributed by atoms with Crippen molar-refractivity contribution < 1.29 is 4.42 Å². The van der Waals surface area contributed by atoms with Gasteiger partial charge in [0, 0.05) is 37.8 Å². The quantitative estimate of drug-likeness (QED) is 0.877. The van der Waals surface area contributed by atoms with Crippen molar-refractivity contribution in [3.05, 3.63) is 23.2 Å². The molecule has 0 aromatic carbocycles. The van der Waals surface area contributed by atoms with E-state index in [1.165, 1.54) is 5.56 Å². The van der Waals surface area contributed by atoms with Crippen LogP contribution in [0.5, 0.6) is 0 Å². The maximum atomic E-state index is 5.74. The number of furan rings is 1. The van der Waals surface area contributed by atoms with Crippen molar-refractivity contribution in [1.29, 1.82) is 0 Å². The molecule has 4 nitrogen and oxygen atoms in total. The SMILES string of the molecule is CNCc1cc(CN2CCN(C)C(C)C2)c(C)o1. The first-order chi connectivity index (χ1) is 8.60. The van der Waals surface area contributed by atoms with Gasteiger partial charge in [0.25, 0.3) is 0 Å². The zero-order valence-electron chi connectivity index (χ0n) is 12.0. The number of likely N-dealkylation sites (N-methyl/N-ethyl adjacent to an activating group) is 1. The molecule has 2 rings (SSSR count). The fourth-order valence-corrected chi connectivity index (χ4v) is 2.51. The molecule has 1 saturated heterocycles. The maximum Gasteiger partial charge on any atom is 0.118 e. The number of hydrogen-bond donors (Lipinski definition) is 1. The monoisotopic (exact) mass is 251 g/mol. The van der Waals surface area contributed by atoms with E-state index in [0.717, 1.165) is 44.2 Å². The third kappa shape index (κ3) is 3.13. The van der Waals surface area contributed by atoms with Gasteiger partial charge in [-0.25, -0.2) is 0 Å². The minimum absolute atomic E-state index is 0.641. The van der Waals surface area contributed by atoms with E-state index in [1.807, 2.05) is 7.05 Å². The second-order valence-corrected chi connectivity index (χ2v) is 5.39. The maximum absolute atomic E-state index is 5.74. The highest BCUT2D eigenvalue weighted by molar-refractivity contribution is 5.20. The molecule has 1 aromatic rings. The van der Waals surface area contributed by atoms with Crippen LogP contribution in [0.25, 0.3) is 0 Å². The summed E-state index contributed by atoms with van der Waals surface area (Å²) in [4.78, 5) is 4.94. The molecule has 0 radical (unpaired) electrons. The molecule has 1 aliphatic heterocycles. The average Bonchev–Trinajstić information content (AvgIpc) is 2.65. The molecular weight excluding hydrogens is 226 g/mol. The Kier molecular flexibility index (Phi) is 4.43. The molecular formula is C14H25N3O. The van der Waals surface area contributed by atoms with Gasteiger partial charge in [-0.3, -0.25) is 4.90 Å². The molecule has 4 heteroatoms. The topological polar surface area (TPSA) is 31.6 Å². The number of aryl methyl sites for hydroxylation is 1. The van der Waals surface area contributed by atoms with E-state index in [4.69, 9.17) is 4.42 Å². The third-order valence-corrected chi connectivity index (χ3v) is 3.86. The lowest BCUT2D eigenvalue weighted by Gasteiger charge is -2.37. The average molecular weight is 251 g/mol. The molecule has 1 N–H and O–H groups in total. The highest BCUT2D eigenvalue weighted by atomic mass is 16.3. The minimum atomic E-state index is 0.641. The zero-order chi connectivity index (χ0) is 13.1. The first-order valence-corrected chi connectivity index (χ1v) is 6.75. The van der Waals surface area contributed by atoms with Crippen LogP contribution < -0.4 is 5.32 Å². The molecule has 2 heterocycles. The molecule has 1 aromatic heterocycles. The van der Waals surface area contributed by atoms with Gasteiger partial charge in [0.2, 0.25) is 0 Å². The molecule has 1 atom stereocenters. The molecule has 0 amide bonds. The number of hydrogen-bond acceptors (Lipinski definition) is 4. The summed E-state index contributed by atoms with van der Waals surface area (Å²) in [7, 11) is 4.15. The molecule has 0 saturated carbocycles. The minimum Gasteiger partial charge on any atom is -0.465 e. The molecule has 0 bridgehead atoms. The van der Waals surface area contributed by atoms with Gasteiger partial charge in [0.15, 0.2) is 0 Å². The van der Waals surface area contributed by atoms with E-state index >= 15 is 0 Å². The lowest BCUT2D eigenvalue weighted by Crippen LogP contribution is -2.49. The first-order valence-electron chi connectivity index (χ1n) is 6.75. The van der Waals surface area contributed by atoms with Gasteiger partial charge in [-0.2, -0.15) is 0 Å². The Morgan fingerprint density at radius 1 is 1.44 bits per heavy atom. The fourth-order valence-electron chi connectivity index (χ4n) is 2.51. The van der Waals surface area contributed by atoms with Crippen LogP contribution in [-0.4, -0.2) is 49.6 Å². The molecule has 1 fully saturated rings. The van der Waals surface area contributed by atoms with E-state index in [-0.39, 0.29) is 0 Å². The summed E-state index contributed by atoms with van der Waals surface area (Å²) in [5.41, 5.74) is 1.33. The normalized spacial score (nSPS) is 22.6. The number of nitrogens with one attached hydrogen (secondary N) is 1. The van der Waals surface area contributed by atoms with Crippen LogP contribution in [0.3, 0.4) is 0 Å². The highest BCUT2D eigenvalue weighted by Crippen LogP contribution is 2.18. The molecule has 0 spiro atoms. The van der Waals surface area contributed by atoms with E-state index in [2.05, 4.69) is 42.1 Å². The summed E-state index contributed by atoms with van der Waals surface area (Å²) in [6.45, 7) is 9.61. The van der Waals surface area contributed by atoms with Crippen molar-refractivity contribution in [3.63, 3.8) is 0 Å². The molecule has 0 aliphatic carbocycles. The van der Waals surface area contributed by atoms with Crippen molar-refractivity contribution >= 4 is 0 Å². The van der Waals surface area contributed by atoms with Crippen molar-refractivity contribution in [2.45, 2.75) is 33.0 Å². The summed E-state index contributed by atoms with van der Waals surface area (Å²) < 4.78 is 5.74. The summed E-state index contributed by atoms with van der Waals surface area (Å²) in [6, 6.07) is 2.83. The van der Waals surface area contributed by atoms with E-state index in [9.17, 15) is 0 Å². The van der Waals surface area contributed by atoms with Gasteiger partial charge < -0.3 is 14.6 Å². The highest BCUT2D eigenvalue weighted by Gasteiger charge is 2.21. The Hall–Kier alpha value is -0.840.